The third-order valence-electron chi connectivity index (χ3n) is 4.95. The van der Waals surface area contributed by atoms with E-state index in [4.69, 9.17) is 14.4 Å². The fourth-order valence-corrected chi connectivity index (χ4v) is 4.21. The monoisotopic (exact) mass is 498 g/mol. The van der Waals surface area contributed by atoms with Crippen molar-refractivity contribution in [2.24, 2.45) is 5.14 Å². The zero-order chi connectivity index (χ0) is 22.2. The van der Waals surface area contributed by atoms with Crippen LogP contribution < -0.4 is 9.88 Å². The second kappa shape index (κ2) is 8.30. The lowest BCUT2D eigenvalue weighted by molar-refractivity contribution is 0.415. The van der Waals surface area contributed by atoms with Gasteiger partial charge in [-0.15, -0.1) is 0 Å². The van der Waals surface area contributed by atoms with E-state index in [1.807, 2.05) is 48.5 Å². The Morgan fingerprint density at radius 3 is 2.26 bits per heavy atom. The first-order chi connectivity index (χ1) is 14.8. The molecule has 0 aliphatic heterocycles. The molecule has 31 heavy (non-hydrogen) atoms. The molecule has 0 spiro atoms. The Kier molecular flexibility index (Phi) is 5.70. The SMILES string of the molecule is COc1ccc(-c2cccc(-c3ccc(S(N)(=O)=O)cc3-c3onc(C)c3Br)c2)cc1. The van der Waals surface area contributed by atoms with Gasteiger partial charge in [0, 0.05) is 5.56 Å². The number of ether oxygens (including phenoxy) is 1. The first-order valence-electron chi connectivity index (χ1n) is 9.32. The molecule has 8 heteroatoms. The fraction of sp³-hybridized carbons (Fsp3) is 0.0870. The van der Waals surface area contributed by atoms with Gasteiger partial charge in [-0.1, -0.05) is 41.6 Å². The van der Waals surface area contributed by atoms with Crippen molar-refractivity contribution < 1.29 is 17.7 Å². The molecule has 3 aromatic carbocycles. The number of sulfonamides is 1. The van der Waals surface area contributed by atoms with E-state index >= 15 is 0 Å². The summed E-state index contributed by atoms with van der Waals surface area (Å²) in [7, 11) is -2.25. The fourth-order valence-electron chi connectivity index (χ4n) is 3.32. The summed E-state index contributed by atoms with van der Waals surface area (Å²) in [4.78, 5) is -0.00138. The van der Waals surface area contributed by atoms with Crippen LogP contribution in [0, 0.1) is 6.92 Å². The molecule has 0 aliphatic carbocycles. The number of hydrogen-bond donors (Lipinski definition) is 1. The molecule has 0 bridgehead atoms. The number of methoxy groups -OCH3 is 1. The van der Waals surface area contributed by atoms with Crippen LogP contribution in [0.1, 0.15) is 5.69 Å². The molecule has 0 unspecified atom stereocenters. The maximum atomic E-state index is 12.0. The zero-order valence-corrected chi connectivity index (χ0v) is 19.2. The lowest BCUT2D eigenvalue weighted by Gasteiger charge is -2.12. The van der Waals surface area contributed by atoms with E-state index in [0.29, 0.717) is 21.5 Å². The number of rotatable bonds is 5. The van der Waals surface area contributed by atoms with E-state index in [2.05, 4.69) is 21.1 Å². The van der Waals surface area contributed by atoms with Crippen molar-refractivity contribution in [2.45, 2.75) is 11.8 Å². The molecule has 1 aromatic heterocycles. The normalized spacial score (nSPS) is 11.5. The van der Waals surface area contributed by atoms with E-state index in [0.717, 1.165) is 28.0 Å². The molecule has 0 saturated heterocycles. The predicted octanol–water partition coefficient (Wildman–Crippen LogP) is 5.40. The average molecular weight is 499 g/mol. The highest BCUT2D eigenvalue weighted by Crippen LogP contribution is 2.39. The van der Waals surface area contributed by atoms with Gasteiger partial charge in [-0.2, -0.15) is 0 Å². The molecule has 1 heterocycles. The van der Waals surface area contributed by atoms with Crippen molar-refractivity contribution in [3.05, 3.63) is 76.9 Å². The quantitative estimate of drug-likeness (QED) is 0.397. The number of benzene rings is 3. The summed E-state index contributed by atoms with van der Waals surface area (Å²) < 4.78 is 35.3. The largest absolute Gasteiger partial charge is 0.497 e. The van der Waals surface area contributed by atoms with Gasteiger partial charge in [-0.3, -0.25) is 0 Å². The first-order valence-corrected chi connectivity index (χ1v) is 11.7. The number of aryl methyl sites for hydroxylation is 1. The maximum absolute atomic E-state index is 12.0. The Labute approximate surface area is 188 Å². The van der Waals surface area contributed by atoms with Gasteiger partial charge in [0.1, 0.15) is 5.75 Å². The summed E-state index contributed by atoms with van der Waals surface area (Å²) in [5, 5.41) is 9.35. The molecule has 0 atom stereocenters. The van der Waals surface area contributed by atoms with Crippen LogP contribution in [0.4, 0.5) is 0 Å². The Morgan fingerprint density at radius 2 is 1.65 bits per heavy atom. The minimum Gasteiger partial charge on any atom is -0.497 e. The standard InChI is InChI=1S/C23H19BrN2O4S/c1-14-22(24)23(30-26-14)21-13-19(31(25,27)28)10-11-20(21)17-5-3-4-16(12-17)15-6-8-18(29-2)9-7-15/h3-13H,1-2H3,(H2,25,27,28). The Balaban J connectivity index is 1.88. The molecule has 158 valence electrons. The molecule has 2 N–H and O–H groups in total. The molecule has 4 rings (SSSR count). The minimum absolute atomic E-state index is 0.00138. The molecule has 0 aliphatic rings. The van der Waals surface area contributed by atoms with Crippen LogP contribution in [-0.2, 0) is 10.0 Å². The second-order valence-corrected chi connectivity index (χ2v) is 9.33. The lowest BCUT2D eigenvalue weighted by atomic mass is 9.95. The van der Waals surface area contributed by atoms with Crippen LogP contribution in [0.3, 0.4) is 0 Å². The summed E-state index contributed by atoms with van der Waals surface area (Å²) in [5.74, 6) is 1.22. The van der Waals surface area contributed by atoms with E-state index in [-0.39, 0.29) is 4.90 Å². The maximum Gasteiger partial charge on any atom is 0.238 e. The van der Waals surface area contributed by atoms with E-state index in [1.165, 1.54) is 12.1 Å². The smallest absolute Gasteiger partial charge is 0.238 e. The number of primary sulfonamides is 1. The third-order valence-corrected chi connectivity index (χ3v) is 6.80. The number of nitrogens with two attached hydrogens (primary N) is 1. The summed E-state index contributed by atoms with van der Waals surface area (Å²) in [6.07, 6.45) is 0. The van der Waals surface area contributed by atoms with Crippen LogP contribution in [0.15, 0.2) is 80.6 Å². The van der Waals surface area contributed by atoms with Crippen LogP contribution >= 0.6 is 15.9 Å². The average Bonchev–Trinajstić information content (AvgIpc) is 3.11. The van der Waals surface area contributed by atoms with Gasteiger partial charge in [0.15, 0.2) is 5.76 Å². The van der Waals surface area contributed by atoms with Crippen LogP contribution in [0.5, 0.6) is 5.75 Å². The van der Waals surface area contributed by atoms with Crippen LogP contribution in [0.2, 0.25) is 0 Å². The zero-order valence-electron chi connectivity index (χ0n) is 16.8. The molecular formula is C23H19BrN2O4S. The van der Waals surface area contributed by atoms with Gasteiger partial charge in [0.2, 0.25) is 10.0 Å². The van der Waals surface area contributed by atoms with Gasteiger partial charge >= 0.3 is 0 Å². The highest BCUT2D eigenvalue weighted by atomic mass is 79.9. The van der Waals surface area contributed by atoms with Gasteiger partial charge in [-0.25, -0.2) is 13.6 Å². The van der Waals surface area contributed by atoms with Crippen LogP contribution in [0.25, 0.3) is 33.6 Å². The third kappa shape index (κ3) is 4.27. The number of halogens is 1. The lowest BCUT2D eigenvalue weighted by Crippen LogP contribution is -2.12. The first kappa shape index (κ1) is 21.3. The number of hydrogen-bond acceptors (Lipinski definition) is 5. The van der Waals surface area contributed by atoms with Gasteiger partial charge in [0.05, 0.1) is 22.2 Å². The topological polar surface area (TPSA) is 95.4 Å². The summed E-state index contributed by atoms with van der Waals surface area (Å²) >= 11 is 3.48. The molecule has 0 fully saturated rings. The summed E-state index contributed by atoms with van der Waals surface area (Å²) in [5.41, 5.74) is 4.96. The van der Waals surface area contributed by atoms with Crippen molar-refractivity contribution in [1.29, 1.82) is 0 Å². The molecule has 0 radical (unpaired) electrons. The minimum atomic E-state index is -3.89. The van der Waals surface area contributed by atoms with Gasteiger partial charge in [0.25, 0.3) is 0 Å². The Bertz CT molecular complexity index is 1360. The van der Waals surface area contributed by atoms with Crippen molar-refractivity contribution >= 4 is 26.0 Å². The molecule has 4 aromatic rings. The predicted molar refractivity (Wildman–Crippen MR) is 123 cm³/mol. The van der Waals surface area contributed by atoms with Crippen molar-refractivity contribution in [2.75, 3.05) is 7.11 Å². The highest BCUT2D eigenvalue weighted by molar-refractivity contribution is 9.10. The van der Waals surface area contributed by atoms with Crippen molar-refractivity contribution in [3.8, 4) is 39.3 Å². The van der Waals surface area contributed by atoms with E-state index in [1.54, 1.807) is 20.1 Å². The molecular weight excluding hydrogens is 480 g/mol. The van der Waals surface area contributed by atoms with Crippen LogP contribution in [-0.4, -0.2) is 20.7 Å². The summed E-state index contributed by atoms with van der Waals surface area (Å²) in [6.45, 7) is 1.80. The summed E-state index contributed by atoms with van der Waals surface area (Å²) in [6, 6.07) is 20.5. The van der Waals surface area contributed by atoms with E-state index in [9.17, 15) is 8.42 Å². The van der Waals surface area contributed by atoms with Crippen molar-refractivity contribution in [3.63, 3.8) is 0 Å². The van der Waals surface area contributed by atoms with E-state index < -0.39 is 10.0 Å². The molecule has 0 amide bonds. The highest BCUT2D eigenvalue weighted by Gasteiger charge is 2.20. The van der Waals surface area contributed by atoms with Gasteiger partial charge < -0.3 is 9.26 Å². The Hall–Kier alpha value is -2.94. The van der Waals surface area contributed by atoms with Gasteiger partial charge in [-0.05, 0) is 75.4 Å². The number of nitrogens with zero attached hydrogens (tertiary/aromatic N) is 1. The molecule has 0 saturated carbocycles. The molecule has 6 nitrogen and oxygen atoms in total. The second-order valence-electron chi connectivity index (χ2n) is 6.97. The number of aromatic nitrogens is 1. The Morgan fingerprint density at radius 1 is 0.935 bits per heavy atom. The van der Waals surface area contributed by atoms with Crippen molar-refractivity contribution in [1.82, 2.24) is 5.16 Å².